The summed E-state index contributed by atoms with van der Waals surface area (Å²) in [5.74, 6) is 0.857. The van der Waals surface area contributed by atoms with Crippen molar-refractivity contribution >= 4 is 22.6 Å². The van der Waals surface area contributed by atoms with Crippen LogP contribution in [-0.2, 0) is 0 Å². The highest BCUT2D eigenvalue weighted by Gasteiger charge is 2.22. The lowest BCUT2D eigenvalue weighted by molar-refractivity contribution is 0.235. The van der Waals surface area contributed by atoms with E-state index in [2.05, 4.69) is 27.5 Å². The van der Waals surface area contributed by atoms with Crippen molar-refractivity contribution < 1.29 is 4.79 Å². The zero-order valence-corrected chi connectivity index (χ0v) is 13.8. The van der Waals surface area contributed by atoms with Crippen LogP contribution in [-0.4, -0.2) is 22.0 Å². The number of unbranched alkanes of at least 4 members (excludes halogenated alkanes) is 1. The minimum absolute atomic E-state index is 0.119. The number of rotatable bonds is 5. The van der Waals surface area contributed by atoms with Crippen LogP contribution in [0.3, 0.4) is 0 Å². The van der Waals surface area contributed by atoms with Gasteiger partial charge in [0, 0.05) is 30.0 Å². The lowest BCUT2D eigenvalue weighted by Gasteiger charge is -2.29. The quantitative estimate of drug-likeness (QED) is 0.764. The van der Waals surface area contributed by atoms with Crippen LogP contribution < -0.4 is 10.6 Å². The van der Waals surface area contributed by atoms with Gasteiger partial charge in [0.2, 0.25) is 0 Å². The van der Waals surface area contributed by atoms with Crippen molar-refractivity contribution in [2.45, 2.75) is 57.9 Å². The average Bonchev–Trinajstić information content (AvgIpc) is 2.97. The second kappa shape index (κ2) is 7.49. The Morgan fingerprint density at radius 3 is 2.96 bits per heavy atom. The summed E-state index contributed by atoms with van der Waals surface area (Å²) in [7, 11) is 0. The van der Waals surface area contributed by atoms with E-state index in [1.54, 1.807) is 12.4 Å². The molecule has 2 amide bonds. The molecule has 0 unspecified atom stereocenters. The van der Waals surface area contributed by atoms with E-state index >= 15 is 0 Å². The van der Waals surface area contributed by atoms with E-state index in [1.807, 2.05) is 12.3 Å². The van der Waals surface area contributed by atoms with Crippen molar-refractivity contribution in [2.24, 2.45) is 5.92 Å². The zero-order valence-electron chi connectivity index (χ0n) is 13.8. The number of fused-ring (bicyclic) bond motifs is 1. The summed E-state index contributed by atoms with van der Waals surface area (Å²) < 4.78 is 0. The van der Waals surface area contributed by atoms with E-state index in [9.17, 15) is 4.79 Å². The molecule has 0 spiro atoms. The van der Waals surface area contributed by atoms with E-state index < -0.39 is 0 Å². The van der Waals surface area contributed by atoms with Crippen LogP contribution in [0.25, 0.3) is 10.9 Å². The Hall–Kier alpha value is -2.04. The maximum Gasteiger partial charge on any atom is 0.319 e. The third-order valence-corrected chi connectivity index (χ3v) is 4.88. The molecule has 2 aromatic rings. The van der Waals surface area contributed by atoms with Gasteiger partial charge in [-0.25, -0.2) is 4.79 Å². The Morgan fingerprint density at radius 2 is 2.17 bits per heavy atom. The number of H-pyrrole nitrogens is 1. The minimum Gasteiger partial charge on any atom is -0.359 e. The highest BCUT2D eigenvalue weighted by atomic mass is 16.2. The highest BCUT2D eigenvalue weighted by Crippen LogP contribution is 2.28. The molecule has 3 rings (SSSR count). The number of amides is 2. The van der Waals surface area contributed by atoms with Gasteiger partial charge in [0.15, 0.2) is 0 Å². The van der Waals surface area contributed by atoms with E-state index in [0.29, 0.717) is 6.04 Å². The maximum atomic E-state index is 12.2. The first-order valence-electron chi connectivity index (χ1n) is 8.75. The number of aromatic amines is 1. The number of urea groups is 1. The predicted octanol–water partition coefficient (Wildman–Crippen LogP) is 4.43. The van der Waals surface area contributed by atoms with Crippen molar-refractivity contribution in [1.82, 2.24) is 15.3 Å². The lowest BCUT2D eigenvalue weighted by atomic mass is 9.83. The molecule has 0 saturated heterocycles. The van der Waals surface area contributed by atoms with Gasteiger partial charge in [-0.2, -0.15) is 0 Å². The molecule has 124 valence electrons. The third-order valence-electron chi connectivity index (χ3n) is 4.88. The van der Waals surface area contributed by atoms with Crippen molar-refractivity contribution in [1.29, 1.82) is 0 Å². The molecule has 1 aliphatic carbocycles. The summed E-state index contributed by atoms with van der Waals surface area (Å²) in [5.41, 5.74) is 1.76. The second-order valence-electron chi connectivity index (χ2n) is 6.58. The molecule has 2 aromatic heterocycles. The first-order chi connectivity index (χ1) is 11.3. The van der Waals surface area contributed by atoms with Gasteiger partial charge < -0.3 is 15.6 Å². The van der Waals surface area contributed by atoms with Crippen LogP contribution in [0.2, 0.25) is 0 Å². The van der Waals surface area contributed by atoms with Gasteiger partial charge in [0.25, 0.3) is 0 Å². The number of pyridine rings is 1. The number of hydrogen-bond acceptors (Lipinski definition) is 2. The summed E-state index contributed by atoms with van der Waals surface area (Å²) in [5, 5.41) is 6.99. The van der Waals surface area contributed by atoms with Crippen LogP contribution in [0.15, 0.2) is 24.7 Å². The van der Waals surface area contributed by atoms with Crippen molar-refractivity contribution in [2.75, 3.05) is 5.32 Å². The number of nitrogens with one attached hydrogen (secondary N) is 3. The van der Waals surface area contributed by atoms with Crippen LogP contribution in [0.1, 0.15) is 51.9 Å². The highest BCUT2D eigenvalue weighted by molar-refractivity contribution is 6.00. The molecule has 0 atom stereocenters. The Kier molecular flexibility index (Phi) is 5.16. The van der Waals surface area contributed by atoms with E-state index in [-0.39, 0.29) is 6.03 Å². The van der Waals surface area contributed by atoms with Gasteiger partial charge in [-0.05, 0) is 37.7 Å². The Morgan fingerprint density at radius 1 is 1.35 bits per heavy atom. The standard InChI is InChI=1S/C18H26N4O/c1-2-3-4-13-5-7-14(8-6-13)21-18(23)22-17-12-20-16-9-10-19-11-15(16)17/h9-14,20H,2-8H2,1H3,(H2,21,22,23). The Bertz CT molecular complexity index is 643. The van der Waals surface area contributed by atoms with Crippen molar-refractivity contribution in [3.63, 3.8) is 0 Å². The van der Waals surface area contributed by atoms with Crippen LogP contribution in [0.4, 0.5) is 10.5 Å². The maximum absolute atomic E-state index is 12.2. The molecule has 2 heterocycles. The molecule has 1 aliphatic rings. The SMILES string of the molecule is CCCCC1CCC(NC(=O)Nc2c[nH]c3ccncc23)CC1. The Balaban J connectivity index is 1.49. The molecule has 3 N–H and O–H groups in total. The van der Waals surface area contributed by atoms with Gasteiger partial charge in [0.1, 0.15) is 0 Å². The number of carbonyl (C=O) groups excluding carboxylic acids is 1. The summed E-state index contributed by atoms with van der Waals surface area (Å²) in [6.45, 7) is 2.25. The van der Waals surface area contributed by atoms with Crippen LogP contribution in [0.5, 0.6) is 0 Å². The van der Waals surface area contributed by atoms with E-state index in [0.717, 1.165) is 35.3 Å². The first kappa shape index (κ1) is 15.8. The first-order valence-corrected chi connectivity index (χ1v) is 8.75. The molecule has 1 fully saturated rings. The smallest absolute Gasteiger partial charge is 0.319 e. The minimum atomic E-state index is -0.119. The molecule has 5 nitrogen and oxygen atoms in total. The summed E-state index contributed by atoms with van der Waals surface area (Å²) in [6, 6.07) is 2.08. The normalized spacial score (nSPS) is 21.3. The monoisotopic (exact) mass is 314 g/mol. The average molecular weight is 314 g/mol. The number of hydrogen-bond donors (Lipinski definition) is 3. The number of anilines is 1. The van der Waals surface area contributed by atoms with E-state index in [1.165, 1.54) is 32.1 Å². The van der Waals surface area contributed by atoms with Crippen LogP contribution >= 0.6 is 0 Å². The summed E-state index contributed by atoms with van der Waals surface area (Å²) in [4.78, 5) is 19.5. The molecular formula is C18H26N4O. The fourth-order valence-electron chi connectivity index (χ4n) is 3.50. The van der Waals surface area contributed by atoms with Crippen molar-refractivity contribution in [3.05, 3.63) is 24.7 Å². The number of nitrogens with zero attached hydrogens (tertiary/aromatic N) is 1. The van der Waals surface area contributed by atoms with Crippen LogP contribution in [0, 0.1) is 5.92 Å². The topological polar surface area (TPSA) is 69.8 Å². The molecule has 5 heteroatoms. The molecule has 23 heavy (non-hydrogen) atoms. The number of carbonyl (C=O) groups is 1. The summed E-state index contributed by atoms with van der Waals surface area (Å²) in [6.07, 6.45) is 13.9. The predicted molar refractivity (Wildman–Crippen MR) is 93.5 cm³/mol. The Labute approximate surface area is 137 Å². The van der Waals surface area contributed by atoms with E-state index in [4.69, 9.17) is 0 Å². The lowest BCUT2D eigenvalue weighted by Crippen LogP contribution is -2.40. The van der Waals surface area contributed by atoms with Gasteiger partial charge >= 0.3 is 6.03 Å². The van der Waals surface area contributed by atoms with Gasteiger partial charge in [-0.3, -0.25) is 4.98 Å². The molecule has 0 radical (unpaired) electrons. The fourth-order valence-corrected chi connectivity index (χ4v) is 3.50. The molecular weight excluding hydrogens is 288 g/mol. The van der Waals surface area contributed by atoms with Gasteiger partial charge in [-0.15, -0.1) is 0 Å². The molecule has 0 aliphatic heterocycles. The zero-order chi connectivity index (χ0) is 16.1. The fraction of sp³-hybridized carbons (Fsp3) is 0.556. The number of aromatic nitrogens is 2. The summed E-state index contributed by atoms with van der Waals surface area (Å²) >= 11 is 0. The molecule has 0 aromatic carbocycles. The third kappa shape index (κ3) is 4.03. The molecule has 1 saturated carbocycles. The van der Waals surface area contributed by atoms with Gasteiger partial charge in [-0.1, -0.05) is 26.2 Å². The van der Waals surface area contributed by atoms with Gasteiger partial charge in [0.05, 0.1) is 11.2 Å². The second-order valence-corrected chi connectivity index (χ2v) is 6.58. The van der Waals surface area contributed by atoms with Crippen molar-refractivity contribution in [3.8, 4) is 0 Å². The molecule has 0 bridgehead atoms. The largest absolute Gasteiger partial charge is 0.359 e.